The molecular weight excluding hydrogens is 248 g/mol. The Balaban J connectivity index is 2.41. The van der Waals surface area contributed by atoms with Gasteiger partial charge in [0.2, 0.25) is 0 Å². The zero-order valence-electron chi connectivity index (χ0n) is 12.6. The van der Waals surface area contributed by atoms with E-state index >= 15 is 0 Å². The summed E-state index contributed by atoms with van der Waals surface area (Å²) in [5.41, 5.74) is 6.02. The van der Waals surface area contributed by atoms with E-state index in [0.29, 0.717) is 11.6 Å². The van der Waals surface area contributed by atoms with E-state index in [1.807, 2.05) is 6.07 Å². The highest BCUT2D eigenvalue weighted by atomic mass is 15.3. The summed E-state index contributed by atoms with van der Waals surface area (Å²) in [6.07, 6.45) is 0.851. The zero-order chi connectivity index (χ0) is 14.8. The van der Waals surface area contributed by atoms with Crippen molar-refractivity contribution in [3.8, 4) is 11.4 Å². The molecule has 2 aromatic rings. The number of hydrogen-bond acceptors (Lipinski definition) is 4. The number of nitrogens with one attached hydrogen (secondary N) is 1. The average Bonchev–Trinajstić information content (AvgIpc) is 2.46. The summed E-state index contributed by atoms with van der Waals surface area (Å²) in [5.74, 6) is 6.81. The van der Waals surface area contributed by atoms with E-state index in [1.54, 1.807) is 0 Å². The molecule has 1 aromatic carbocycles. The van der Waals surface area contributed by atoms with Crippen molar-refractivity contribution in [2.24, 2.45) is 5.84 Å². The quantitative estimate of drug-likeness (QED) is 0.663. The molecule has 0 saturated heterocycles. The number of hydrogen-bond donors (Lipinski definition) is 2. The smallest absolute Gasteiger partial charge is 0.161 e. The molecule has 2 rings (SSSR count). The third-order valence-electron chi connectivity index (χ3n) is 3.30. The molecule has 0 aliphatic carbocycles. The minimum Gasteiger partial charge on any atom is -0.308 e. The minimum atomic E-state index is 0.147. The maximum absolute atomic E-state index is 5.46. The van der Waals surface area contributed by atoms with Gasteiger partial charge in [-0.2, -0.15) is 0 Å². The van der Waals surface area contributed by atoms with E-state index in [4.69, 9.17) is 5.84 Å². The minimum absolute atomic E-state index is 0.147. The highest BCUT2D eigenvalue weighted by Gasteiger charge is 2.13. The van der Waals surface area contributed by atoms with Gasteiger partial charge >= 0.3 is 0 Å². The van der Waals surface area contributed by atoms with Crippen molar-refractivity contribution < 1.29 is 0 Å². The summed E-state index contributed by atoms with van der Waals surface area (Å²) in [5, 5.41) is 0. The maximum atomic E-state index is 5.46. The molecule has 0 radical (unpaired) electrons. The SMILES string of the molecule is CCc1cc(NN)nc(-c2ccc(C(C)(C)C)cc2)n1. The van der Waals surface area contributed by atoms with Gasteiger partial charge in [0.15, 0.2) is 5.82 Å². The second-order valence-corrected chi connectivity index (χ2v) is 5.89. The van der Waals surface area contributed by atoms with Crippen LogP contribution in [0.4, 0.5) is 5.82 Å². The van der Waals surface area contributed by atoms with Gasteiger partial charge in [-0.25, -0.2) is 15.8 Å². The van der Waals surface area contributed by atoms with Crippen molar-refractivity contribution >= 4 is 5.82 Å². The molecule has 0 amide bonds. The first kappa shape index (κ1) is 14.5. The predicted molar refractivity (Wildman–Crippen MR) is 83.4 cm³/mol. The van der Waals surface area contributed by atoms with Gasteiger partial charge < -0.3 is 5.43 Å². The summed E-state index contributed by atoms with van der Waals surface area (Å²) < 4.78 is 0. The van der Waals surface area contributed by atoms with E-state index in [1.165, 1.54) is 5.56 Å². The van der Waals surface area contributed by atoms with Crippen molar-refractivity contribution in [2.75, 3.05) is 5.43 Å². The van der Waals surface area contributed by atoms with Gasteiger partial charge in [0.05, 0.1) is 0 Å². The van der Waals surface area contributed by atoms with Gasteiger partial charge in [0.25, 0.3) is 0 Å². The number of aromatic nitrogens is 2. The number of anilines is 1. The van der Waals surface area contributed by atoms with Crippen LogP contribution in [0.25, 0.3) is 11.4 Å². The number of nitrogens with two attached hydrogens (primary N) is 1. The maximum Gasteiger partial charge on any atom is 0.161 e. The third-order valence-corrected chi connectivity index (χ3v) is 3.30. The second kappa shape index (κ2) is 5.59. The molecule has 0 spiro atoms. The fourth-order valence-corrected chi connectivity index (χ4v) is 2.00. The van der Waals surface area contributed by atoms with Gasteiger partial charge in [0.1, 0.15) is 5.82 Å². The van der Waals surface area contributed by atoms with Crippen molar-refractivity contribution in [1.82, 2.24) is 9.97 Å². The van der Waals surface area contributed by atoms with Crippen LogP contribution < -0.4 is 11.3 Å². The third kappa shape index (κ3) is 3.14. The van der Waals surface area contributed by atoms with Gasteiger partial charge in [-0.15, -0.1) is 0 Å². The zero-order valence-corrected chi connectivity index (χ0v) is 12.6. The van der Waals surface area contributed by atoms with Crippen LogP contribution in [-0.2, 0) is 11.8 Å². The summed E-state index contributed by atoms with van der Waals surface area (Å²) in [6, 6.07) is 10.3. The monoisotopic (exact) mass is 270 g/mol. The van der Waals surface area contributed by atoms with Gasteiger partial charge in [0, 0.05) is 17.3 Å². The van der Waals surface area contributed by atoms with Gasteiger partial charge in [-0.05, 0) is 17.4 Å². The average molecular weight is 270 g/mol. The highest BCUT2D eigenvalue weighted by molar-refractivity contribution is 5.58. The number of hydrazine groups is 1. The van der Waals surface area contributed by atoms with Crippen LogP contribution in [0.5, 0.6) is 0 Å². The van der Waals surface area contributed by atoms with Crippen LogP contribution in [0.3, 0.4) is 0 Å². The van der Waals surface area contributed by atoms with Crippen LogP contribution in [0, 0.1) is 0 Å². The van der Waals surface area contributed by atoms with E-state index in [-0.39, 0.29) is 5.41 Å². The first-order chi connectivity index (χ1) is 9.44. The Morgan fingerprint density at radius 1 is 1.10 bits per heavy atom. The lowest BCUT2D eigenvalue weighted by molar-refractivity contribution is 0.590. The molecule has 0 bridgehead atoms. The standard InChI is InChI=1S/C16H22N4/c1-5-13-10-14(20-17)19-15(18-13)11-6-8-12(9-7-11)16(2,3)4/h6-10H,5,17H2,1-4H3,(H,18,19,20). The van der Waals surface area contributed by atoms with Crippen LogP contribution in [0.15, 0.2) is 30.3 Å². The summed E-state index contributed by atoms with van der Waals surface area (Å²) in [4.78, 5) is 8.97. The topological polar surface area (TPSA) is 63.8 Å². The number of rotatable bonds is 3. The molecule has 1 aromatic heterocycles. The second-order valence-electron chi connectivity index (χ2n) is 5.89. The summed E-state index contributed by atoms with van der Waals surface area (Å²) in [7, 11) is 0. The van der Waals surface area contributed by atoms with Crippen LogP contribution in [0.2, 0.25) is 0 Å². The van der Waals surface area contributed by atoms with E-state index in [0.717, 1.165) is 17.7 Å². The molecule has 1 heterocycles. The Bertz CT molecular complexity index is 560. The Morgan fingerprint density at radius 3 is 2.25 bits per heavy atom. The van der Waals surface area contributed by atoms with Gasteiger partial charge in [-0.3, -0.25) is 0 Å². The van der Waals surface area contributed by atoms with E-state index in [9.17, 15) is 0 Å². The van der Waals surface area contributed by atoms with Crippen molar-refractivity contribution in [3.63, 3.8) is 0 Å². The fraction of sp³-hybridized carbons (Fsp3) is 0.375. The summed E-state index contributed by atoms with van der Waals surface area (Å²) in [6.45, 7) is 8.67. The molecule has 4 nitrogen and oxygen atoms in total. The molecular formula is C16H22N4. The van der Waals surface area contributed by atoms with Crippen molar-refractivity contribution in [3.05, 3.63) is 41.6 Å². The number of benzene rings is 1. The molecule has 0 aliphatic rings. The Labute approximate surface area is 120 Å². The van der Waals surface area contributed by atoms with Crippen LogP contribution in [0.1, 0.15) is 39.0 Å². The first-order valence-corrected chi connectivity index (χ1v) is 6.89. The molecule has 3 N–H and O–H groups in total. The van der Waals surface area contributed by atoms with Gasteiger partial charge in [-0.1, -0.05) is 52.0 Å². The molecule has 0 atom stereocenters. The molecule has 4 heteroatoms. The lowest BCUT2D eigenvalue weighted by atomic mass is 9.87. The molecule has 20 heavy (non-hydrogen) atoms. The Hall–Kier alpha value is -1.94. The van der Waals surface area contributed by atoms with E-state index < -0.39 is 0 Å². The molecule has 0 unspecified atom stereocenters. The molecule has 0 fully saturated rings. The molecule has 0 aliphatic heterocycles. The molecule has 106 valence electrons. The van der Waals surface area contributed by atoms with Crippen LogP contribution >= 0.6 is 0 Å². The Morgan fingerprint density at radius 2 is 1.75 bits per heavy atom. The van der Waals surface area contributed by atoms with E-state index in [2.05, 4.69) is 67.4 Å². The lowest BCUT2D eigenvalue weighted by Crippen LogP contribution is -2.11. The Kier molecular flexibility index (Phi) is 4.04. The highest BCUT2D eigenvalue weighted by Crippen LogP contribution is 2.25. The fourth-order valence-electron chi connectivity index (χ4n) is 2.00. The normalized spacial score (nSPS) is 11.4. The number of nitrogens with zero attached hydrogens (tertiary/aromatic N) is 2. The summed E-state index contributed by atoms with van der Waals surface area (Å²) >= 11 is 0. The first-order valence-electron chi connectivity index (χ1n) is 6.89. The predicted octanol–water partition coefficient (Wildman–Crippen LogP) is 3.29. The van der Waals surface area contributed by atoms with Crippen molar-refractivity contribution in [1.29, 1.82) is 0 Å². The molecule has 0 saturated carbocycles. The lowest BCUT2D eigenvalue weighted by Gasteiger charge is -2.19. The number of nitrogen functional groups attached to an aromatic ring is 1. The van der Waals surface area contributed by atoms with Crippen LogP contribution in [-0.4, -0.2) is 9.97 Å². The number of aryl methyl sites for hydroxylation is 1. The van der Waals surface area contributed by atoms with Crippen molar-refractivity contribution in [2.45, 2.75) is 39.5 Å². The largest absolute Gasteiger partial charge is 0.308 e.